The highest BCUT2D eigenvalue weighted by Gasteiger charge is 2.11. The fourth-order valence-electron chi connectivity index (χ4n) is 2.04. The Morgan fingerprint density at radius 1 is 1.42 bits per heavy atom. The number of aromatic nitrogens is 4. The van der Waals surface area contributed by atoms with Crippen LogP contribution in [0, 0.1) is 0 Å². The van der Waals surface area contributed by atoms with Gasteiger partial charge in [-0.25, -0.2) is 15.0 Å². The summed E-state index contributed by atoms with van der Waals surface area (Å²) in [7, 11) is 0. The van der Waals surface area contributed by atoms with Crippen LogP contribution in [-0.4, -0.2) is 25.6 Å². The first-order chi connectivity index (χ1) is 9.20. The van der Waals surface area contributed by atoms with Gasteiger partial charge in [0.25, 0.3) is 0 Å². The molecule has 0 aliphatic heterocycles. The lowest BCUT2D eigenvalue weighted by atomic mass is 10.1. The summed E-state index contributed by atoms with van der Waals surface area (Å²) in [5.74, 6) is 1.40. The van der Waals surface area contributed by atoms with Crippen molar-refractivity contribution < 1.29 is 0 Å². The van der Waals surface area contributed by atoms with Gasteiger partial charge in [0.2, 0.25) is 0 Å². The second kappa shape index (κ2) is 6.17. The van der Waals surface area contributed by atoms with Gasteiger partial charge in [-0.1, -0.05) is 13.3 Å². The standard InChI is InChI=1S/C13H20N6/c1-3-4-11-12(14)16-8-17-13(11)18-10(2)7-19-6-5-15-9-19/h5-6,8-10H,3-4,7H2,1-2H3,(H3,14,16,17,18). The summed E-state index contributed by atoms with van der Waals surface area (Å²) in [4.78, 5) is 12.4. The van der Waals surface area contributed by atoms with E-state index in [1.165, 1.54) is 6.33 Å². The molecule has 0 amide bonds. The monoisotopic (exact) mass is 260 g/mol. The average molecular weight is 260 g/mol. The molecule has 0 bridgehead atoms. The molecule has 2 aromatic rings. The zero-order chi connectivity index (χ0) is 13.7. The lowest BCUT2D eigenvalue weighted by Crippen LogP contribution is -2.23. The zero-order valence-corrected chi connectivity index (χ0v) is 11.4. The van der Waals surface area contributed by atoms with E-state index in [0.717, 1.165) is 30.8 Å². The van der Waals surface area contributed by atoms with E-state index in [1.807, 2.05) is 10.8 Å². The first kappa shape index (κ1) is 13.3. The molecule has 1 atom stereocenters. The summed E-state index contributed by atoms with van der Waals surface area (Å²) in [6.45, 7) is 5.05. The predicted molar refractivity (Wildman–Crippen MR) is 75.8 cm³/mol. The van der Waals surface area contributed by atoms with E-state index in [4.69, 9.17) is 5.73 Å². The lowest BCUT2D eigenvalue weighted by molar-refractivity contribution is 0.616. The molecule has 0 saturated heterocycles. The van der Waals surface area contributed by atoms with Crippen LogP contribution >= 0.6 is 0 Å². The van der Waals surface area contributed by atoms with Crippen molar-refractivity contribution in [2.45, 2.75) is 39.3 Å². The highest BCUT2D eigenvalue weighted by Crippen LogP contribution is 2.19. The molecular weight excluding hydrogens is 240 g/mol. The van der Waals surface area contributed by atoms with Gasteiger partial charge in [-0.2, -0.15) is 0 Å². The van der Waals surface area contributed by atoms with Crippen LogP contribution < -0.4 is 11.1 Å². The Hall–Kier alpha value is -2.11. The van der Waals surface area contributed by atoms with Crippen molar-refractivity contribution in [2.75, 3.05) is 11.1 Å². The van der Waals surface area contributed by atoms with E-state index in [-0.39, 0.29) is 6.04 Å². The Morgan fingerprint density at radius 2 is 2.26 bits per heavy atom. The molecule has 0 aliphatic carbocycles. The van der Waals surface area contributed by atoms with E-state index in [0.29, 0.717) is 5.82 Å². The molecule has 0 fully saturated rings. The molecule has 0 aromatic carbocycles. The fraction of sp³-hybridized carbons (Fsp3) is 0.462. The first-order valence-electron chi connectivity index (χ1n) is 6.52. The molecule has 0 radical (unpaired) electrons. The molecule has 6 nitrogen and oxygen atoms in total. The Bertz CT molecular complexity index is 508. The van der Waals surface area contributed by atoms with Crippen molar-refractivity contribution in [1.82, 2.24) is 19.5 Å². The molecule has 2 rings (SSSR count). The number of hydrogen-bond acceptors (Lipinski definition) is 5. The molecule has 3 N–H and O–H groups in total. The Morgan fingerprint density at radius 3 is 2.95 bits per heavy atom. The number of imidazole rings is 1. The smallest absolute Gasteiger partial charge is 0.134 e. The van der Waals surface area contributed by atoms with Crippen LogP contribution in [0.4, 0.5) is 11.6 Å². The third kappa shape index (κ3) is 3.43. The molecule has 19 heavy (non-hydrogen) atoms. The summed E-state index contributed by atoms with van der Waals surface area (Å²) in [6, 6.07) is 0.235. The van der Waals surface area contributed by atoms with Crippen molar-refractivity contribution in [3.63, 3.8) is 0 Å². The van der Waals surface area contributed by atoms with E-state index in [9.17, 15) is 0 Å². The van der Waals surface area contributed by atoms with E-state index < -0.39 is 0 Å². The van der Waals surface area contributed by atoms with Crippen molar-refractivity contribution >= 4 is 11.6 Å². The Balaban J connectivity index is 2.07. The maximum absolute atomic E-state index is 5.91. The highest BCUT2D eigenvalue weighted by atomic mass is 15.1. The minimum absolute atomic E-state index is 0.235. The van der Waals surface area contributed by atoms with Crippen molar-refractivity contribution in [2.24, 2.45) is 0 Å². The van der Waals surface area contributed by atoms with Gasteiger partial charge in [0.15, 0.2) is 0 Å². The predicted octanol–water partition coefficient (Wildman–Crippen LogP) is 1.71. The highest BCUT2D eigenvalue weighted by molar-refractivity contribution is 5.55. The van der Waals surface area contributed by atoms with Gasteiger partial charge < -0.3 is 15.6 Å². The summed E-state index contributed by atoms with van der Waals surface area (Å²) in [5, 5.41) is 3.39. The molecule has 1 unspecified atom stereocenters. The second-order valence-corrected chi connectivity index (χ2v) is 4.64. The van der Waals surface area contributed by atoms with Gasteiger partial charge in [-0.3, -0.25) is 0 Å². The second-order valence-electron chi connectivity index (χ2n) is 4.64. The van der Waals surface area contributed by atoms with Gasteiger partial charge in [0.1, 0.15) is 18.0 Å². The number of nitrogens with zero attached hydrogens (tertiary/aromatic N) is 4. The van der Waals surface area contributed by atoms with Crippen LogP contribution in [0.1, 0.15) is 25.8 Å². The third-order valence-electron chi connectivity index (χ3n) is 2.91. The van der Waals surface area contributed by atoms with Crippen LogP contribution in [0.2, 0.25) is 0 Å². The molecule has 2 heterocycles. The number of rotatable bonds is 6. The van der Waals surface area contributed by atoms with E-state index in [1.54, 1.807) is 12.5 Å². The SMILES string of the molecule is CCCc1c(N)ncnc1NC(C)Cn1ccnc1. The average Bonchev–Trinajstić information content (AvgIpc) is 2.86. The minimum atomic E-state index is 0.235. The normalized spacial score (nSPS) is 12.3. The van der Waals surface area contributed by atoms with Gasteiger partial charge in [-0.15, -0.1) is 0 Å². The number of hydrogen-bond donors (Lipinski definition) is 2. The van der Waals surface area contributed by atoms with E-state index in [2.05, 4.69) is 34.1 Å². The molecule has 0 spiro atoms. The van der Waals surface area contributed by atoms with E-state index >= 15 is 0 Å². The zero-order valence-electron chi connectivity index (χ0n) is 11.4. The van der Waals surface area contributed by atoms with Gasteiger partial charge in [0, 0.05) is 30.5 Å². The van der Waals surface area contributed by atoms with Crippen molar-refractivity contribution in [3.8, 4) is 0 Å². The summed E-state index contributed by atoms with van der Waals surface area (Å²) >= 11 is 0. The molecule has 0 saturated carbocycles. The maximum atomic E-state index is 5.91. The molecular formula is C13H20N6. The van der Waals surface area contributed by atoms with Crippen LogP contribution in [0.3, 0.4) is 0 Å². The lowest BCUT2D eigenvalue weighted by Gasteiger charge is -2.18. The molecule has 102 valence electrons. The van der Waals surface area contributed by atoms with Crippen LogP contribution in [0.15, 0.2) is 25.0 Å². The quantitative estimate of drug-likeness (QED) is 0.826. The Kier molecular flexibility index (Phi) is 4.33. The summed E-state index contributed by atoms with van der Waals surface area (Å²) in [6.07, 6.45) is 8.92. The van der Waals surface area contributed by atoms with Crippen LogP contribution in [-0.2, 0) is 13.0 Å². The molecule has 2 aromatic heterocycles. The third-order valence-corrected chi connectivity index (χ3v) is 2.91. The molecule has 6 heteroatoms. The van der Waals surface area contributed by atoms with Crippen molar-refractivity contribution in [3.05, 3.63) is 30.6 Å². The van der Waals surface area contributed by atoms with Crippen LogP contribution in [0.5, 0.6) is 0 Å². The summed E-state index contributed by atoms with van der Waals surface area (Å²) in [5.41, 5.74) is 6.92. The largest absolute Gasteiger partial charge is 0.383 e. The number of nitrogen functional groups attached to an aromatic ring is 1. The van der Waals surface area contributed by atoms with Gasteiger partial charge in [-0.05, 0) is 13.3 Å². The van der Waals surface area contributed by atoms with Gasteiger partial charge >= 0.3 is 0 Å². The maximum Gasteiger partial charge on any atom is 0.134 e. The number of nitrogens with two attached hydrogens (primary N) is 1. The minimum Gasteiger partial charge on any atom is -0.383 e. The molecule has 0 aliphatic rings. The van der Waals surface area contributed by atoms with Crippen molar-refractivity contribution in [1.29, 1.82) is 0 Å². The van der Waals surface area contributed by atoms with Crippen LogP contribution in [0.25, 0.3) is 0 Å². The first-order valence-corrected chi connectivity index (χ1v) is 6.52. The number of nitrogens with one attached hydrogen (secondary N) is 1. The van der Waals surface area contributed by atoms with Gasteiger partial charge in [0.05, 0.1) is 6.33 Å². The number of anilines is 2. The summed E-state index contributed by atoms with van der Waals surface area (Å²) < 4.78 is 2.03. The topological polar surface area (TPSA) is 81.6 Å². The Labute approximate surface area is 113 Å². The fourth-order valence-corrected chi connectivity index (χ4v) is 2.04.